The number of nitrogens with two attached hydrogens (primary N) is 1. The van der Waals surface area contributed by atoms with Gasteiger partial charge in [0, 0.05) is 18.8 Å². The van der Waals surface area contributed by atoms with Crippen LogP contribution < -0.4 is 27.3 Å². The summed E-state index contributed by atoms with van der Waals surface area (Å²) in [6.45, 7) is 1.58. The number of halogens is 1. The summed E-state index contributed by atoms with van der Waals surface area (Å²) in [6, 6.07) is 15.8. The van der Waals surface area contributed by atoms with E-state index in [1.165, 1.54) is 25.2 Å². The average Bonchev–Trinajstić information content (AvgIpc) is 2.82. The lowest BCUT2D eigenvalue weighted by Crippen LogP contribution is -2.41. The summed E-state index contributed by atoms with van der Waals surface area (Å²) in [5, 5.41) is 4.07. The number of para-hydroxylation sites is 1. The van der Waals surface area contributed by atoms with Crippen LogP contribution in [-0.2, 0) is 6.54 Å². The SMILES string of the molecule is Cc1cc(=O)c(C(=O)N(C)c2c(N)n(Cc3ccccc3)c(=O)[nH]c2=O)nn1-c1ccccc1F. The van der Waals surface area contributed by atoms with Crippen LogP contribution in [0.25, 0.3) is 5.69 Å². The van der Waals surface area contributed by atoms with Gasteiger partial charge in [-0.2, -0.15) is 5.10 Å². The average molecular weight is 476 g/mol. The molecule has 2 aromatic carbocycles. The minimum absolute atomic E-state index is 0.0375. The van der Waals surface area contributed by atoms with E-state index in [0.29, 0.717) is 5.69 Å². The molecule has 2 aromatic heterocycles. The molecule has 0 saturated carbocycles. The Morgan fingerprint density at radius 3 is 2.43 bits per heavy atom. The highest BCUT2D eigenvalue weighted by atomic mass is 19.1. The van der Waals surface area contributed by atoms with E-state index in [1.54, 1.807) is 37.3 Å². The number of H-pyrrole nitrogens is 1. The molecule has 0 aliphatic rings. The molecule has 0 saturated heterocycles. The van der Waals surface area contributed by atoms with Crippen molar-refractivity contribution in [1.82, 2.24) is 19.3 Å². The molecule has 0 aliphatic carbocycles. The lowest BCUT2D eigenvalue weighted by molar-refractivity contribution is 0.0985. The molecule has 0 radical (unpaired) electrons. The van der Waals surface area contributed by atoms with Crippen LogP contribution in [0.15, 0.2) is 75.0 Å². The van der Waals surface area contributed by atoms with Gasteiger partial charge in [0.2, 0.25) is 5.43 Å². The number of anilines is 2. The maximum atomic E-state index is 14.4. The van der Waals surface area contributed by atoms with E-state index < -0.39 is 34.1 Å². The zero-order valence-electron chi connectivity index (χ0n) is 18.9. The molecule has 4 rings (SSSR count). The molecule has 0 atom stereocenters. The van der Waals surface area contributed by atoms with Crippen molar-refractivity contribution in [3.8, 4) is 5.69 Å². The number of aromatic amines is 1. The summed E-state index contributed by atoms with van der Waals surface area (Å²) in [7, 11) is 1.23. The molecular weight excluding hydrogens is 455 g/mol. The molecule has 0 fully saturated rings. The van der Waals surface area contributed by atoms with Crippen LogP contribution in [0.4, 0.5) is 15.9 Å². The van der Waals surface area contributed by atoms with Gasteiger partial charge in [-0.1, -0.05) is 42.5 Å². The summed E-state index contributed by atoms with van der Waals surface area (Å²) in [5.74, 6) is -1.82. The maximum absolute atomic E-state index is 14.4. The standard InChI is InChI=1S/C24H21FN6O4/c1-14-12-18(32)19(28-31(14)17-11-7-6-10-16(17)25)23(34)29(2)20-21(26)30(24(35)27-22(20)33)13-15-8-4-3-5-9-15/h3-12H,13,26H2,1-2H3,(H,27,33,35). The Bertz CT molecular complexity index is 1610. The first-order valence-corrected chi connectivity index (χ1v) is 10.5. The van der Waals surface area contributed by atoms with Crippen molar-refractivity contribution in [2.24, 2.45) is 0 Å². The number of nitrogens with one attached hydrogen (secondary N) is 1. The van der Waals surface area contributed by atoms with Crippen LogP contribution in [0.2, 0.25) is 0 Å². The third kappa shape index (κ3) is 4.38. The van der Waals surface area contributed by atoms with Gasteiger partial charge in [-0.05, 0) is 24.6 Å². The molecule has 2 heterocycles. The monoisotopic (exact) mass is 476 g/mol. The topological polar surface area (TPSA) is 136 Å². The predicted molar refractivity (Wildman–Crippen MR) is 129 cm³/mol. The minimum atomic E-state index is -0.956. The van der Waals surface area contributed by atoms with Crippen LogP contribution in [0.3, 0.4) is 0 Å². The Hall–Kier alpha value is -4.80. The van der Waals surface area contributed by atoms with Crippen molar-refractivity contribution in [2.45, 2.75) is 13.5 Å². The summed E-state index contributed by atoms with van der Waals surface area (Å²) < 4.78 is 16.6. The number of nitrogen functional groups attached to an aromatic ring is 1. The van der Waals surface area contributed by atoms with E-state index in [1.807, 2.05) is 6.07 Å². The lowest BCUT2D eigenvalue weighted by atomic mass is 10.2. The number of amides is 1. The number of aryl methyl sites for hydroxylation is 1. The highest BCUT2D eigenvalue weighted by molar-refractivity contribution is 6.05. The first-order valence-electron chi connectivity index (χ1n) is 10.5. The quantitative estimate of drug-likeness (QED) is 0.447. The summed E-state index contributed by atoms with van der Waals surface area (Å²) in [4.78, 5) is 53.9. The number of carbonyl (C=O) groups is 1. The predicted octanol–water partition coefficient (Wildman–Crippen LogP) is 1.44. The zero-order chi connectivity index (χ0) is 25.3. The molecule has 0 aliphatic heterocycles. The normalized spacial score (nSPS) is 10.8. The van der Waals surface area contributed by atoms with Crippen LogP contribution >= 0.6 is 0 Å². The Labute approximate surface area is 197 Å². The van der Waals surface area contributed by atoms with Crippen molar-refractivity contribution in [3.05, 3.63) is 114 Å². The second kappa shape index (κ2) is 9.21. The van der Waals surface area contributed by atoms with E-state index in [2.05, 4.69) is 10.1 Å². The Balaban J connectivity index is 1.79. The zero-order valence-corrected chi connectivity index (χ0v) is 18.9. The number of hydrogen-bond donors (Lipinski definition) is 2. The minimum Gasteiger partial charge on any atom is -0.383 e. The van der Waals surface area contributed by atoms with Gasteiger partial charge in [-0.15, -0.1) is 0 Å². The highest BCUT2D eigenvalue weighted by Gasteiger charge is 2.26. The third-order valence-corrected chi connectivity index (χ3v) is 5.43. The van der Waals surface area contributed by atoms with Crippen molar-refractivity contribution < 1.29 is 9.18 Å². The summed E-state index contributed by atoms with van der Waals surface area (Å²) >= 11 is 0. The fourth-order valence-electron chi connectivity index (χ4n) is 3.65. The van der Waals surface area contributed by atoms with Crippen LogP contribution in [-0.4, -0.2) is 32.3 Å². The van der Waals surface area contributed by atoms with Crippen molar-refractivity contribution in [1.29, 1.82) is 0 Å². The van der Waals surface area contributed by atoms with Crippen molar-refractivity contribution in [3.63, 3.8) is 0 Å². The molecular formula is C24H21FN6O4. The summed E-state index contributed by atoms with van der Waals surface area (Å²) in [5.41, 5.74) is 3.95. The fraction of sp³-hybridized carbons (Fsp3) is 0.125. The molecule has 35 heavy (non-hydrogen) atoms. The van der Waals surface area contributed by atoms with E-state index in [9.17, 15) is 23.6 Å². The number of carbonyl (C=O) groups excluding carboxylic acids is 1. The second-order valence-electron chi connectivity index (χ2n) is 7.79. The first kappa shape index (κ1) is 23.4. The van der Waals surface area contributed by atoms with E-state index >= 15 is 0 Å². The van der Waals surface area contributed by atoms with Gasteiger partial charge in [0.25, 0.3) is 11.5 Å². The molecule has 0 unspecified atom stereocenters. The molecule has 0 bridgehead atoms. The molecule has 3 N–H and O–H groups in total. The summed E-state index contributed by atoms with van der Waals surface area (Å²) in [6.07, 6.45) is 0. The Morgan fingerprint density at radius 2 is 1.74 bits per heavy atom. The Kier molecular flexibility index (Phi) is 6.15. The van der Waals surface area contributed by atoms with E-state index in [0.717, 1.165) is 25.8 Å². The molecule has 1 amide bonds. The fourth-order valence-corrected chi connectivity index (χ4v) is 3.65. The molecule has 4 aromatic rings. The van der Waals surface area contributed by atoms with Crippen LogP contribution in [0.1, 0.15) is 21.7 Å². The third-order valence-electron chi connectivity index (χ3n) is 5.43. The van der Waals surface area contributed by atoms with Gasteiger partial charge < -0.3 is 10.6 Å². The Morgan fingerprint density at radius 1 is 1.09 bits per heavy atom. The number of nitrogens with zero attached hydrogens (tertiary/aromatic N) is 4. The highest BCUT2D eigenvalue weighted by Crippen LogP contribution is 2.18. The number of hydrogen-bond acceptors (Lipinski definition) is 6. The van der Waals surface area contributed by atoms with Gasteiger partial charge >= 0.3 is 5.69 Å². The van der Waals surface area contributed by atoms with Crippen LogP contribution in [0.5, 0.6) is 0 Å². The van der Waals surface area contributed by atoms with Crippen molar-refractivity contribution in [2.75, 3.05) is 17.7 Å². The maximum Gasteiger partial charge on any atom is 0.330 e. The molecule has 10 nitrogen and oxygen atoms in total. The number of aromatic nitrogens is 4. The van der Waals surface area contributed by atoms with E-state index in [-0.39, 0.29) is 23.7 Å². The number of benzene rings is 2. The largest absolute Gasteiger partial charge is 0.383 e. The smallest absolute Gasteiger partial charge is 0.330 e. The lowest BCUT2D eigenvalue weighted by Gasteiger charge is -2.20. The van der Waals surface area contributed by atoms with Gasteiger partial charge in [0.05, 0.1) is 6.54 Å². The van der Waals surface area contributed by atoms with Gasteiger partial charge in [0.15, 0.2) is 11.4 Å². The molecule has 11 heteroatoms. The van der Waals surface area contributed by atoms with Crippen molar-refractivity contribution >= 4 is 17.4 Å². The molecule has 0 spiro atoms. The van der Waals surface area contributed by atoms with Crippen LogP contribution in [0, 0.1) is 12.7 Å². The van der Waals surface area contributed by atoms with Gasteiger partial charge in [-0.25, -0.2) is 13.9 Å². The second-order valence-corrected chi connectivity index (χ2v) is 7.79. The van der Waals surface area contributed by atoms with Gasteiger partial charge in [-0.3, -0.25) is 23.9 Å². The van der Waals surface area contributed by atoms with E-state index in [4.69, 9.17) is 5.73 Å². The first-order chi connectivity index (χ1) is 16.7. The molecule has 178 valence electrons. The van der Waals surface area contributed by atoms with Gasteiger partial charge in [0.1, 0.15) is 17.3 Å². The number of rotatable bonds is 5.